The van der Waals surface area contributed by atoms with Crippen LogP contribution >= 0.6 is 0 Å². The average molecular weight is 301 g/mol. The Morgan fingerprint density at radius 2 is 2.05 bits per heavy atom. The molecular weight excluding hydrogens is 278 g/mol. The number of sulfonamides is 1. The molecule has 0 aliphatic carbocycles. The van der Waals surface area contributed by atoms with E-state index in [9.17, 15) is 8.42 Å². The van der Waals surface area contributed by atoms with E-state index < -0.39 is 10.0 Å². The monoisotopic (exact) mass is 301 g/mol. The highest BCUT2D eigenvalue weighted by Crippen LogP contribution is 2.17. The van der Waals surface area contributed by atoms with Crippen molar-refractivity contribution in [2.75, 3.05) is 32.7 Å². The topological polar surface area (TPSA) is 95.3 Å². The molecule has 20 heavy (non-hydrogen) atoms. The van der Waals surface area contributed by atoms with Crippen LogP contribution in [-0.4, -0.2) is 66.4 Å². The zero-order chi connectivity index (χ0) is 14.8. The largest absolute Gasteiger partial charge is 0.332 e. The van der Waals surface area contributed by atoms with Crippen molar-refractivity contribution in [1.82, 2.24) is 19.2 Å². The lowest BCUT2D eigenvalue weighted by Crippen LogP contribution is -2.53. The van der Waals surface area contributed by atoms with Crippen LogP contribution in [0, 0.1) is 6.92 Å². The van der Waals surface area contributed by atoms with Gasteiger partial charge in [0, 0.05) is 38.8 Å². The Balaban J connectivity index is 2.03. The van der Waals surface area contributed by atoms with Crippen molar-refractivity contribution in [2.45, 2.75) is 31.3 Å². The fourth-order valence-electron chi connectivity index (χ4n) is 2.55. The van der Waals surface area contributed by atoms with Crippen LogP contribution in [0.15, 0.2) is 11.2 Å². The van der Waals surface area contributed by atoms with Gasteiger partial charge in [-0.05, 0) is 13.3 Å². The van der Waals surface area contributed by atoms with E-state index in [1.807, 2.05) is 0 Å². The SMILES string of the molecule is CCC(CN)N1CCN(S(=O)(=O)c2cnc(C)[nH]2)CC1. The molecule has 1 fully saturated rings. The number of nitrogens with zero attached hydrogens (tertiary/aromatic N) is 3. The smallest absolute Gasteiger partial charge is 0.260 e. The van der Waals surface area contributed by atoms with Crippen LogP contribution in [0.1, 0.15) is 19.2 Å². The lowest BCUT2D eigenvalue weighted by Gasteiger charge is -2.37. The van der Waals surface area contributed by atoms with Crippen molar-refractivity contribution in [2.24, 2.45) is 5.73 Å². The second kappa shape index (κ2) is 6.21. The number of aryl methyl sites for hydroxylation is 1. The molecule has 1 saturated heterocycles. The molecule has 1 aromatic heterocycles. The van der Waals surface area contributed by atoms with Gasteiger partial charge in [-0.3, -0.25) is 4.90 Å². The Kier molecular flexibility index (Phi) is 4.79. The van der Waals surface area contributed by atoms with E-state index in [1.165, 1.54) is 10.5 Å². The number of nitrogens with one attached hydrogen (secondary N) is 1. The highest BCUT2D eigenvalue weighted by molar-refractivity contribution is 7.89. The van der Waals surface area contributed by atoms with Crippen LogP contribution in [0.3, 0.4) is 0 Å². The molecule has 2 rings (SSSR count). The van der Waals surface area contributed by atoms with E-state index in [0.29, 0.717) is 31.5 Å². The summed E-state index contributed by atoms with van der Waals surface area (Å²) in [5.41, 5.74) is 5.74. The third kappa shape index (κ3) is 3.03. The second-order valence-electron chi connectivity index (χ2n) is 5.07. The van der Waals surface area contributed by atoms with Crippen LogP contribution in [-0.2, 0) is 10.0 Å². The average Bonchev–Trinajstić information content (AvgIpc) is 2.88. The van der Waals surface area contributed by atoms with Crippen molar-refractivity contribution in [3.8, 4) is 0 Å². The number of hydrogen-bond donors (Lipinski definition) is 2. The number of nitrogens with two attached hydrogens (primary N) is 1. The summed E-state index contributed by atoms with van der Waals surface area (Å²) in [4.78, 5) is 9.02. The lowest BCUT2D eigenvalue weighted by atomic mass is 10.1. The Labute approximate surface area is 120 Å². The predicted octanol–water partition coefficient (Wildman–Crippen LogP) is -0.238. The minimum atomic E-state index is -3.45. The van der Waals surface area contributed by atoms with E-state index in [-0.39, 0.29) is 5.03 Å². The normalized spacial score (nSPS) is 20.1. The number of imidazole rings is 1. The molecule has 0 radical (unpaired) electrons. The van der Waals surface area contributed by atoms with E-state index in [4.69, 9.17) is 5.73 Å². The Morgan fingerprint density at radius 1 is 1.40 bits per heavy atom. The van der Waals surface area contributed by atoms with Crippen LogP contribution in [0.4, 0.5) is 0 Å². The molecule has 1 aliphatic rings. The maximum absolute atomic E-state index is 12.4. The number of H-pyrrole nitrogens is 1. The number of hydrogen-bond acceptors (Lipinski definition) is 5. The number of aromatic amines is 1. The van der Waals surface area contributed by atoms with Crippen LogP contribution < -0.4 is 5.73 Å². The van der Waals surface area contributed by atoms with Gasteiger partial charge in [-0.2, -0.15) is 4.31 Å². The van der Waals surface area contributed by atoms with Gasteiger partial charge < -0.3 is 10.7 Å². The van der Waals surface area contributed by atoms with Crippen LogP contribution in [0.25, 0.3) is 0 Å². The summed E-state index contributed by atoms with van der Waals surface area (Å²) in [7, 11) is -3.45. The first-order chi connectivity index (χ1) is 9.48. The molecule has 1 aliphatic heterocycles. The van der Waals surface area contributed by atoms with E-state index in [1.54, 1.807) is 6.92 Å². The van der Waals surface area contributed by atoms with E-state index >= 15 is 0 Å². The molecule has 2 heterocycles. The molecule has 0 bridgehead atoms. The van der Waals surface area contributed by atoms with Crippen molar-refractivity contribution in [1.29, 1.82) is 0 Å². The minimum Gasteiger partial charge on any atom is -0.332 e. The molecule has 1 aromatic rings. The van der Waals surface area contributed by atoms with Crippen molar-refractivity contribution < 1.29 is 8.42 Å². The fourth-order valence-corrected chi connectivity index (χ4v) is 3.94. The van der Waals surface area contributed by atoms with Crippen molar-refractivity contribution >= 4 is 10.0 Å². The molecule has 114 valence electrons. The van der Waals surface area contributed by atoms with Gasteiger partial charge in [0.05, 0.1) is 6.20 Å². The van der Waals surface area contributed by atoms with Crippen molar-refractivity contribution in [3.05, 3.63) is 12.0 Å². The summed E-state index contributed by atoms with van der Waals surface area (Å²) >= 11 is 0. The van der Waals surface area contributed by atoms with E-state index in [0.717, 1.165) is 19.5 Å². The van der Waals surface area contributed by atoms with Crippen LogP contribution in [0.2, 0.25) is 0 Å². The summed E-state index contributed by atoms with van der Waals surface area (Å²) < 4.78 is 26.4. The predicted molar refractivity (Wildman–Crippen MR) is 76.8 cm³/mol. The molecule has 1 unspecified atom stereocenters. The number of rotatable bonds is 5. The first-order valence-corrected chi connectivity index (χ1v) is 8.39. The third-order valence-electron chi connectivity index (χ3n) is 3.83. The van der Waals surface area contributed by atoms with Gasteiger partial charge in [-0.15, -0.1) is 0 Å². The third-order valence-corrected chi connectivity index (χ3v) is 5.64. The summed E-state index contributed by atoms with van der Waals surface area (Å²) in [6.45, 7) is 6.90. The lowest BCUT2D eigenvalue weighted by molar-refractivity contribution is 0.137. The van der Waals surface area contributed by atoms with E-state index in [2.05, 4.69) is 21.8 Å². The van der Waals surface area contributed by atoms with Gasteiger partial charge in [0.1, 0.15) is 5.82 Å². The highest BCUT2D eigenvalue weighted by Gasteiger charge is 2.31. The molecule has 8 heteroatoms. The number of aromatic nitrogens is 2. The minimum absolute atomic E-state index is 0.175. The summed E-state index contributed by atoms with van der Waals surface area (Å²) in [6.07, 6.45) is 2.37. The van der Waals surface area contributed by atoms with Crippen molar-refractivity contribution in [3.63, 3.8) is 0 Å². The van der Waals surface area contributed by atoms with Gasteiger partial charge in [-0.25, -0.2) is 13.4 Å². The maximum Gasteiger partial charge on any atom is 0.260 e. The maximum atomic E-state index is 12.4. The molecule has 3 N–H and O–H groups in total. The van der Waals surface area contributed by atoms with Gasteiger partial charge >= 0.3 is 0 Å². The zero-order valence-electron chi connectivity index (χ0n) is 12.0. The molecule has 0 amide bonds. The van der Waals surface area contributed by atoms with Gasteiger partial charge in [0.25, 0.3) is 10.0 Å². The molecule has 0 spiro atoms. The molecule has 1 atom stereocenters. The molecule has 0 saturated carbocycles. The molecule has 7 nitrogen and oxygen atoms in total. The second-order valence-corrected chi connectivity index (χ2v) is 6.98. The summed E-state index contributed by atoms with van der Waals surface area (Å²) in [5.74, 6) is 0.608. The standard InChI is InChI=1S/C12H23N5O2S/c1-3-11(8-13)16-4-6-17(7-5-16)20(18,19)12-9-14-10(2)15-12/h9,11H,3-8,13H2,1-2H3,(H,14,15). The Hall–Kier alpha value is -0.960. The molecular formula is C12H23N5O2S. The molecule has 0 aromatic carbocycles. The zero-order valence-corrected chi connectivity index (χ0v) is 12.9. The highest BCUT2D eigenvalue weighted by atomic mass is 32.2. The van der Waals surface area contributed by atoms with Gasteiger partial charge in [0.15, 0.2) is 5.03 Å². The van der Waals surface area contributed by atoms with Gasteiger partial charge in [0.2, 0.25) is 0 Å². The number of piperazine rings is 1. The quantitative estimate of drug-likeness (QED) is 0.783. The van der Waals surface area contributed by atoms with Gasteiger partial charge in [-0.1, -0.05) is 6.92 Å². The fraction of sp³-hybridized carbons (Fsp3) is 0.750. The summed E-state index contributed by atoms with van der Waals surface area (Å²) in [6, 6.07) is 0.342. The van der Waals surface area contributed by atoms with Crippen LogP contribution in [0.5, 0.6) is 0 Å². The Morgan fingerprint density at radius 3 is 2.50 bits per heavy atom. The first kappa shape index (κ1) is 15.4. The first-order valence-electron chi connectivity index (χ1n) is 6.95. The Bertz CT molecular complexity index is 530. The summed E-state index contributed by atoms with van der Waals surface area (Å²) in [5, 5.41) is 0.175.